The van der Waals surface area contributed by atoms with E-state index in [2.05, 4.69) is 10.3 Å². The van der Waals surface area contributed by atoms with Crippen LogP contribution in [-0.4, -0.2) is 34.7 Å². The Hall–Kier alpha value is -2.50. The van der Waals surface area contributed by atoms with Gasteiger partial charge in [0, 0.05) is 25.0 Å². The topological polar surface area (TPSA) is 65.4 Å². The normalized spacial score (nSPS) is 14.4. The number of fused-ring (bicyclic) bond motifs is 1. The third-order valence-corrected chi connectivity index (χ3v) is 3.42. The van der Waals surface area contributed by atoms with Gasteiger partial charge >= 0.3 is 0 Å². The van der Waals surface area contributed by atoms with E-state index < -0.39 is 0 Å². The minimum atomic E-state index is -0.00991. The van der Waals surface area contributed by atoms with Crippen LogP contribution in [0.1, 0.15) is 12.5 Å². The van der Waals surface area contributed by atoms with Gasteiger partial charge in [-0.15, -0.1) is 0 Å². The molecular formula is C16H19N3O3. The summed E-state index contributed by atoms with van der Waals surface area (Å²) in [4.78, 5) is 16.1. The first-order valence-electron chi connectivity index (χ1n) is 7.34. The van der Waals surface area contributed by atoms with Crippen LogP contribution in [0.4, 0.5) is 0 Å². The molecule has 0 unspecified atom stereocenters. The molecule has 0 bridgehead atoms. The molecule has 1 aromatic carbocycles. The molecule has 1 aliphatic rings. The number of rotatable bonds is 5. The third-order valence-electron chi connectivity index (χ3n) is 3.42. The first-order valence-corrected chi connectivity index (χ1v) is 7.34. The molecule has 116 valence electrons. The molecule has 0 spiro atoms. The van der Waals surface area contributed by atoms with Crippen molar-refractivity contribution in [3.63, 3.8) is 0 Å². The van der Waals surface area contributed by atoms with E-state index in [1.165, 1.54) is 0 Å². The van der Waals surface area contributed by atoms with Crippen molar-refractivity contribution in [2.75, 3.05) is 13.2 Å². The summed E-state index contributed by atoms with van der Waals surface area (Å²) in [7, 11) is 0. The molecule has 1 aromatic heterocycles. The largest absolute Gasteiger partial charge is 0.486 e. The summed E-state index contributed by atoms with van der Waals surface area (Å²) in [5, 5.41) is 2.99. The van der Waals surface area contributed by atoms with Gasteiger partial charge in [0.25, 0.3) is 0 Å². The van der Waals surface area contributed by atoms with Crippen LogP contribution in [0.2, 0.25) is 0 Å². The Balaban J connectivity index is 1.55. The van der Waals surface area contributed by atoms with E-state index in [1.807, 2.05) is 35.9 Å². The number of nitrogens with zero attached hydrogens (tertiary/aromatic N) is 2. The average Bonchev–Trinajstić information content (AvgIpc) is 2.99. The number of carbonyl (C=O) groups excluding carboxylic acids is 1. The second kappa shape index (κ2) is 6.51. The lowest BCUT2D eigenvalue weighted by Gasteiger charge is -2.19. The Morgan fingerprint density at radius 1 is 1.36 bits per heavy atom. The fourth-order valence-electron chi connectivity index (χ4n) is 2.47. The predicted octanol–water partition coefficient (Wildman–Crippen LogP) is 1.40. The van der Waals surface area contributed by atoms with Crippen LogP contribution in [0.3, 0.4) is 0 Å². The molecule has 6 heteroatoms. The van der Waals surface area contributed by atoms with Crippen molar-refractivity contribution < 1.29 is 14.3 Å². The zero-order valence-electron chi connectivity index (χ0n) is 12.5. The average molecular weight is 301 g/mol. The lowest BCUT2D eigenvalue weighted by atomic mass is 10.1. The second-order valence-corrected chi connectivity index (χ2v) is 5.38. The van der Waals surface area contributed by atoms with E-state index in [0.29, 0.717) is 31.9 Å². The van der Waals surface area contributed by atoms with Gasteiger partial charge in [0.15, 0.2) is 11.5 Å². The maximum Gasteiger partial charge on any atom is 0.224 e. The Labute approximate surface area is 129 Å². The van der Waals surface area contributed by atoms with E-state index in [1.54, 1.807) is 12.5 Å². The molecule has 2 heterocycles. The predicted molar refractivity (Wildman–Crippen MR) is 81.0 cm³/mol. The zero-order chi connectivity index (χ0) is 15.4. The molecule has 1 atom stereocenters. The van der Waals surface area contributed by atoms with Crippen molar-refractivity contribution in [1.29, 1.82) is 0 Å². The highest BCUT2D eigenvalue weighted by atomic mass is 16.6. The van der Waals surface area contributed by atoms with Crippen LogP contribution in [0.5, 0.6) is 11.5 Å². The molecule has 0 aliphatic carbocycles. The van der Waals surface area contributed by atoms with Crippen molar-refractivity contribution in [3.8, 4) is 11.5 Å². The van der Waals surface area contributed by atoms with E-state index in [-0.39, 0.29) is 11.9 Å². The number of imidazole rings is 1. The van der Waals surface area contributed by atoms with Crippen LogP contribution in [-0.2, 0) is 17.8 Å². The van der Waals surface area contributed by atoms with E-state index in [9.17, 15) is 4.79 Å². The summed E-state index contributed by atoms with van der Waals surface area (Å²) in [5.74, 6) is 1.44. The lowest BCUT2D eigenvalue weighted by Crippen LogP contribution is -2.36. The number of carbonyl (C=O) groups is 1. The summed E-state index contributed by atoms with van der Waals surface area (Å²) >= 11 is 0. The van der Waals surface area contributed by atoms with Crippen molar-refractivity contribution in [1.82, 2.24) is 14.9 Å². The van der Waals surface area contributed by atoms with Gasteiger partial charge in [0.1, 0.15) is 13.2 Å². The van der Waals surface area contributed by atoms with Crippen LogP contribution in [0.15, 0.2) is 36.9 Å². The minimum Gasteiger partial charge on any atom is -0.486 e. The third kappa shape index (κ3) is 3.58. The SMILES string of the molecule is C[C@H](Cn1ccnc1)NC(=O)Cc1ccc2c(c1)OCCO2. The molecule has 0 radical (unpaired) electrons. The first-order chi connectivity index (χ1) is 10.7. The van der Waals surface area contributed by atoms with Crippen LogP contribution < -0.4 is 14.8 Å². The van der Waals surface area contributed by atoms with E-state index in [0.717, 1.165) is 11.3 Å². The number of aromatic nitrogens is 2. The molecule has 1 aliphatic heterocycles. The fourth-order valence-corrected chi connectivity index (χ4v) is 2.47. The summed E-state index contributed by atoms with van der Waals surface area (Å²) in [6.07, 6.45) is 5.67. The Morgan fingerprint density at radius 3 is 2.95 bits per heavy atom. The monoisotopic (exact) mass is 301 g/mol. The fraction of sp³-hybridized carbons (Fsp3) is 0.375. The zero-order valence-corrected chi connectivity index (χ0v) is 12.5. The van der Waals surface area contributed by atoms with E-state index >= 15 is 0 Å². The summed E-state index contributed by atoms with van der Waals surface area (Å²) in [6, 6.07) is 5.66. The molecule has 22 heavy (non-hydrogen) atoms. The number of hydrogen-bond donors (Lipinski definition) is 1. The van der Waals surface area contributed by atoms with Gasteiger partial charge in [-0.2, -0.15) is 0 Å². The Bertz CT molecular complexity index is 640. The van der Waals surface area contributed by atoms with Crippen LogP contribution in [0.25, 0.3) is 0 Å². The van der Waals surface area contributed by atoms with E-state index in [4.69, 9.17) is 9.47 Å². The molecule has 6 nitrogen and oxygen atoms in total. The van der Waals surface area contributed by atoms with Gasteiger partial charge in [-0.1, -0.05) is 6.07 Å². The first kappa shape index (κ1) is 14.4. The number of benzene rings is 1. The molecule has 2 aromatic rings. The van der Waals surface area contributed by atoms with Crippen LogP contribution >= 0.6 is 0 Å². The maximum absolute atomic E-state index is 12.1. The highest BCUT2D eigenvalue weighted by molar-refractivity contribution is 5.79. The summed E-state index contributed by atoms with van der Waals surface area (Å²) < 4.78 is 12.9. The maximum atomic E-state index is 12.1. The number of ether oxygens (including phenoxy) is 2. The molecular weight excluding hydrogens is 282 g/mol. The van der Waals surface area contributed by atoms with Gasteiger partial charge in [-0.05, 0) is 24.6 Å². The van der Waals surface area contributed by atoms with Gasteiger partial charge < -0.3 is 19.4 Å². The van der Waals surface area contributed by atoms with Crippen molar-refractivity contribution in [2.45, 2.75) is 25.9 Å². The Kier molecular flexibility index (Phi) is 4.27. The molecule has 0 saturated heterocycles. The smallest absolute Gasteiger partial charge is 0.224 e. The standard InChI is InChI=1S/C16H19N3O3/c1-12(10-19-5-4-17-11-19)18-16(20)9-13-2-3-14-15(8-13)22-7-6-21-14/h2-5,8,11-12H,6-7,9-10H2,1H3,(H,18,20)/t12-/m1/s1. The summed E-state index contributed by atoms with van der Waals surface area (Å²) in [5.41, 5.74) is 0.914. The van der Waals surface area contributed by atoms with Gasteiger partial charge in [0.05, 0.1) is 12.7 Å². The second-order valence-electron chi connectivity index (χ2n) is 5.38. The minimum absolute atomic E-state index is 0.00991. The molecule has 1 amide bonds. The highest BCUT2D eigenvalue weighted by Gasteiger charge is 2.14. The van der Waals surface area contributed by atoms with Crippen molar-refractivity contribution >= 4 is 5.91 Å². The van der Waals surface area contributed by atoms with Gasteiger partial charge in [-0.25, -0.2) is 4.98 Å². The van der Waals surface area contributed by atoms with Crippen molar-refractivity contribution in [2.24, 2.45) is 0 Å². The van der Waals surface area contributed by atoms with Gasteiger partial charge in [-0.3, -0.25) is 4.79 Å². The molecule has 1 N–H and O–H groups in total. The molecule has 3 rings (SSSR count). The number of nitrogens with one attached hydrogen (secondary N) is 1. The lowest BCUT2D eigenvalue weighted by molar-refractivity contribution is -0.121. The Morgan fingerprint density at radius 2 is 2.18 bits per heavy atom. The van der Waals surface area contributed by atoms with Crippen LogP contribution in [0, 0.1) is 0 Å². The highest BCUT2D eigenvalue weighted by Crippen LogP contribution is 2.30. The number of amides is 1. The quantitative estimate of drug-likeness (QED) is 0.906. The molecule has 0 fully saturated rings. The summed E-state index contributed by atoms with van der Waals surface area (Å²) in [6.45, 7) is 3.79. The van der Waals surface area contributed by atoms with Crippen molar-refractivity contribution in [3.05, 3.63) is 42.5 Å². The number of hydrogen-bond acceptors (Lipinski definition) is 4. The van der Waals surface area contributed by atoms with Gasteiger partial charge in [0.2, 0.25) is 5.91 Å². The molecule has 0 saturated carbocycles.